The smallest absolute Gasteiger partial charge is 0.261 e. The maximum absolute atomic E-state index is 12.1. The van der Waals surface area contributed by atoms with Gasteiger partial charge in [-0.05, 0) is 36.4 Å². The normalized spacial score (nSPS) is 12.7. The molecule has 1 aliphatic rings. The predicted molar refractivity (Wildman–Crippen MR) is 93.3 cm³/mol. The average Bonchev–Trinajstić information content (AvgIpc) is 2.88. The predicted octanol–water partition coefficient (Wildman–Crippen LogP) is 3.08. The van der Waals surface area contributed by atoms with Crippen LogP contribution in [0.1, 0.15) is 33.6 Å². The Bertz CT molecular complexity index is 790. The van der Waals surface area contributed by atoms with Crippen molar-refractivity contribution < 1.29 is 14.4 Å². The van der Waals surface area contributed by atoms with Crippen LogP contribution in [0.25, 0.3) is 0 Å². The minimum absolute atomic E-state index is 0.163. The van der Waals surface area contributed by atoms with E-state index in [4.69, 9.17) is 0 Å². The van der Waals surface area contributed by atoms with Gasteiger partial charge in [-0.15, -0.1) is 11.8 Å². The highest BCUT2D eigenvalue weighted by atomic mass is 32.2. The van der Waals surface area contributed by atoms with Gasteiger partial charge in [-0.25, -0.2) is 0 Å². The Labute approximate surface area is 143 Å². The van der Waals surface area contributed by atoms with E-state index < -0.39 is 11.8 Å². The quantitative estimate of drug-likeness (QED) is 0.481. The molecule has 122 valence electrons. The molecule has 0 saturated carbocycles. The van der Waals surface area contributed by atoms with Crippen molar-refractivity contribution in [3.8, 4) is 0 Å². The van der Waals surface area contributed by atoms with E-state index in [1.807, 2.05) is 30.3 Å². The van der Waals surface area contributed by atoms with Crippen LogP contribution >= 0.6 is 11.8 Å². The number of benzene rings is 2. The molecule has 5 nitrogen and oxygen atoms in total. The second-order valence-corrected chi connectivity index (χ2v) is 6.49. The van der Waals surface area contributed by atoms with Crippen LogP contribution in [0.2, 0.25) is 0 Å². The van der Waals surface area contributed by atoms with Gasteiger partial charge in [-0.1, -0.05) is 24.3 Å². The number of fused-ring (bicyclic) bond motifs is 1. The zero-order valence-corrected chi connectivity index (χ0v) is 13.7. The van der Waals surface area contributed by atoms with Crippen molar-refractivity contribution >= 4 is 35.2 Å². The van der Waals surface area contributed by atoms with E-state index in [2.05, 4.69) is 10.6 Å². The first kappa shape index (κ1) is 16.3. The molecule has 0 aromatic heterocycles. The van der Waals surface area contributed by atoms with E-state index in [1.54, 1.807) is 30.0 Å². The molecular weight excluding hydrogens is 324 g/mol. The molecule has 0 spiro atoms. The average molecular weight is 340 g/mol. The molecule has 2 aromatic carbocycles. The zero-order chi connectivity index (χ0) is 16.9. The standard InChI is InChI=1S/C18H16N2O3S/c21-15(10-5-11-24-12-6-2-1-3-7-12)19-14-9-4-8-13-16(14)18(23)20-17(13)22/h1-4,6-9H,5,10-11H2,(H,19,21)(H,20,22,23). The van der Waals surface area contributed by atoms with E-state index in [0.717, 1.165) is 12.2 Å². The third-order valence-electron chi connectivity index (χ3n) is 3.60. The van der Waals surface area contributed by atoms with Gasteiger partial charge in [0.25, 0.3) is 11.8 Å². The number of anilines is 1. The van der Waals surface area contributed by atoms with Crippen LogP contribution in [0.3, 0.4) is 0 Å². The monoisotopic (exact) mass is 340 g/mol. The summed E-state index contributed by atoms with van der Waals surface area (Å²) < 4.78 is 0. The summed E-state index contributed by atoms with van der Waals surface area (Å²) in [5.74, 6) is -0.219. The van der Waals surface area contributed by atoms with E-state index in [1.165, 1.54) is 4.90 Å². The SMILES string of the molecule is O=C(CCCSc1ccccc1)Nc1cccc2c1C(=O)NC2=O. The molecule has 0 fully saturated rings. The number of carbonyl (C=O) groups is 3. The van der Waals surface area contributed by atoms with Gasteiger partial charge in [0.05, 0.1) is 16.8 Å². The number of nitrogens with one attached hydrogen (secondary N) is 2. The lowest BCUT2D eigenvalue weighted by Crippen LogP contribution is -2.20. The molecule has 2 N–H and O–H groups in total. The Morgan fingerprint density at radius 1 is 1.00 bits per heavy atom. The first-order chi connectivity index (χ1) is 11.6. The van der Waals surface area contributed by atoms with Crippen molar-refractivity contribution in [3.05, 3.63) is 59.7 Å². The minimum atomic E-state index is -0.467. The Balaban J connectivity index is 1.53. The topological polar surface area (TPSA) is 75.3 Å². The van der Waals surface area contributed by atoms with Crippen LogP contribution in [0.4, 0.5) is 5.69 Å². The van der Waals surface area contributed by atoms with Crippen molar-refractivity contribution in [2.24, 2.45) is 0 Å². The fourth-order valence-corrected chi connectivity index (χ4v) is 3.35. The number of thioether (sulfide) groups is 1. The fourth-order valence-electron chi connectivity index (χ4n) is 2.48. The van der Waals surface area contributed by atoms with Crippen LogP contribution in [-0.4, -0.2) is 23.5 Å². The summed E-state index contributed by atoms with van der Waals surface area (Å²) in [6.45, 7) is 0. The largest absolute Gasteiger partial charge is 0.325 e. The van der Waals surface area contributed by atoms with E-state index in [9.17, 15) is 14.4 Å². The van der Waals surface area contributed by atoms with Gasteiger partial charge < -0.3 is 5.32 Å². The van der Waals surface area contributed by atoms with Crippen LogP contribution < -0.4 is 10.6 Å². The molecule has 0 bridgehead atoms. The van der Waals surface area contributed by atoms with Gasteiger partial charge in [0.15, 0.2) is 0 Å². The number of imide groups is 1. The molecule has 0 aliphatic carbocycles. The molecule has 6 heteroatoms. The zero-order valence-electron chi connectivity index (χ0n) is 12.9. The molecule has 24 heavy (non-hydrogen) atoms. The van der Waals surface area contributed by atoms with Crippen molar-refractivity contribution in [3.63, 3.8) is 0 Å². The molecule has 0 saturated heterocycles. The number of hydrogen-bond acceptors (Lipinski definition) is 4. The molecule has 3 rings (SSSR count). The second-order valence-electron chi connectivity index (χ2n) is 5.32. The second kappa shape index (κ2) is 7.31. The first-order valence-corrected chi connectivity index (χ1v) is 8.60. The van der Waals surface area contributed by atoms with Gasteiger partial charge in [0.2, 0.25) is 5.91 Å². The van der Waals surface area contributed by atoms with Crippen molar-refractivity contribution in [1.29, 1.82) is 0 Å². The summed E-state index contributed by atoms with van der Waals surface area (Å²) in [4.78, 5) is 36.7. The lowest BCUT2D eigenvalue weighted by molar-refractivity contribution is -0.116. The maximum Gasteiger partial charge on any atom is 0.261 e. The van der Waals surface area contributed by atoms with E-state index in [-0.39, 0.29) is 11.5 Å². The van der Waals surface area contributed by atoms with E-state index in [0.29, 0.717) is 17.7 Å². The van der Waals surface area contributed by atoms with Crippen LogP contribution in [0.15, 0.2) is 53.4 Å². The summed E-state index contributed by atoms with van der Waals surface area (Å²) in [6, 6.07) is 14.9. The molecule has 3 amide bonds. The van der Waals surface area contributed by atoms with Crippen molar-refractivity contribution in [1.82, 2.24) is 5.32 Å². The third-order valence-corrected chi connectivity index (χ3v) is 4.70. The summed E-state index contributed by atoms with van der Waals surface area (Å²) in [5.41, 5.74) is 0.934. The van der Waals surface area contributed by atoms with Crippen molar-refractivity contribution in [2.75, 3.05) is 11.1 Å². The fraction of sp³-hybridized carbons (Fsp3) is 0.167. The highest BCUT2D eigenvalue weighted by Gasteiger charge is 2.29. The highest BCUT2D eigenvalue weighted by molar-refractivity contribution is 7.99. The third kappa shape index (κ3) is 3.65. The number of hydrogen-bond donors (Lipinski definition) is 2. The van der Waals surface area contributed by atoms with Crippen molar-refractivity contribution in [2.45, 2.75) is 17.7 Å². The molecule has 2 aromatic rings. The first-order valence-electron chi connectivity index (χ1n) is 7.61. The van der Waals surface area contributed by atoms with Crippen LogP contribution in [0.5, 0.6) is 0 Å². The maximum atomic E-state index is 12.1. The summed E-state index contributed by atoms with van der Waals surface area (Å²) in [6.07, 6.45) is 1.09. The molecular formula is C18H16N2O3S. The number of rotatable bonds is 6. The Hall–Kier alpha value is -2.60. The number of carbonyl (C=O) groups excluding carboxylic acids is 3. The summed E-state index contributed by atoms with van der Waals surface area (Å²) >= 11 is 1.70. The van der Waals surface area contributed by atoms with Gasteiger partial charge in [-0.3, -0.25) is 19.7 Å². The van der Waals surface area contributed by atoms with Gasteiger partial charge in [0.1, 0.15) is 0 Å². The number of amides is 3. The lowest BCUT2D eigenvalue weighted by atomic mass is 10.1. The molecule has 0 atom stereocenters. The molecule has 1 aliphatic heterocycles. The summed E-state index contributed by atoms with van der Waals surface area (Å²) in [5, 5.41) is 4.96. The van der Waals surface area contributed by atoms with Gasteiger partial charge in [0, 0.05) is 11.3 Å². The highest BCUT2D eigenvalue weighted by Crippen LogP contribution is 2.24. The molecule has 0 unspecified atom stereocenters. The van der Waals surface area contributed by atoms with E-state index >= 15 is 0 Å². The minimum Gasteiger partial charge on any atom is -0.325 e. The lowest BCUT2D eigenvalue weighted by Gasteiger charge is -2.08. The Morgan fingerprint density at radius 3 is 2.58 bits per heavy atom. The van der Waals surface area contributed by atoms with Crippen LogP contribution in [-0.2, 0) is 4.79 Å². The summed E-state index contributed by atoms with van der Waals surface area (Å²) in [7, 11) is 0. The molecule has 1 heterocycles. The van der Waals surface area contributed by atoms with Gasteiger partial charge >= 0.3 is 0 Å². The molecule has 0 radical (unpaired) electrons. The Morgan fingerprint density at radius 2 is 1.79 bits per heavy atom. The van der Waals surface area contributed by atoms with Gasteiger partial charge in [-0.2, -0.15) is 0 Å². The van der Waals surface area contributed by atoms with Crippen LogP contribution in [0, 0.1) is 0 Å². The Kier molecular flexibility index (Phi) is 4.96.